The van der Waals surface area contributed by atoms with Crippen molar-refractivity contribution in [2.24, 2.45) is 0 Å². The topological polar surface area (TPSA) is 22.1 Å². The Kier molecular flexibility index (Phi) is 4.64. The van der Waals surface area contributed by atoms with Gasteiger partial charge in [0.1, 0.15) is 0 Å². The first kappa shape index (κ1) is 15.9. The molecule has 0 fully saturated rings. The summed E-state index contributed by atoms with van der Waals surface area (Å²) in [5.41, 5.74) is 3.48. The summed E-state index contributed by atoms with van der Waals surface area (Å²) in [7, 11) is -1.71. The Morgan fingerprint density at radius 3 is 2.29 bits per heavy atom. The average Bonchev–Trinajstić information content (AvgIpc) is 2.45. The van der Waals surface area contributed by atoms with Gasteiger partial charge in [-0.3, -0.25) is 4.98 Å². The second-order valence-corrected chi connectivity index (χ2v) is 11.8. The maximum Gasteiger partial charge on any atom is 0.192 e. The average molecular weight is 299 g/mol. The van der Waals surface area contributed by atoms with E-state index < -0.39 is 8.32 Å². The van der Waals surface area contributed by atoms with Crippen LogP contribution in [0.1, 0.15) is 26.3 Å². The van der Waals surface area contributed by atoms with Crippen molar-refractivity contribution in [3.05, 3.63) is 54.4 Å². The predicted molar refractivity (Wildman–Crippen MR) is 91.7 cm³/mol. The van der Waals surface area contributed by atoms with Crippen molar-refractivity contribution in [1.29, 1.82) is 0 Å². The van der Waals surface area contributed by atoms with Gasteiger partial charge < -0.3 is 4.43 Å². The molecule has 0 unspecified atom stereocenters. The lowest BCUT2D eigenvalue weighted by Gasteiger charge is -2.36. The minimum absolute atomic E-state index is 0.234. The van der Waals surface area contributed by atoms with E-state index in [0.29, 0.717) is 6.61 Å². The maximum absolute atomic E-state index is 6.27. The zero-order chi connectivity index (χ0) is 15.5. The zero-order valence-corrected chi connectivity index (χ0v) is 14.7. The Hall–Kier alpha value is -1.45. The van der Waals surface area contributed by atoms with Crippen LogP contribution in [0.2, 0.25) is 18.1 Å². The first-order valence-corrected chi connectivity index (χ1v) is 10.3. The number of pyridine rings is 1. The third-order valence-electron chi connectivity index (χ3n) is 4.31. The van der Waals surface area contributed by atoms with Crippen molar-refractivity contribution in [1.82, 2.24) is 4.98 Å². The fourth-order valence-electron chi connectivity index (χ4n) is 1.84. The molecule has 0 saturated carbocycles. The highest BCUT2D eigenvalue weighted by Gasteiger charge is 2.37. The van der Waals surface area contributed by atoms with E-state index in [1.54, 1.807) is 0 Å². The molecule has 21 heavy (non-hydrogen) atoms. The fourth-order valence-corrected chi connectivity index (χ4v) is 2.80. The molecule has 112 valence electrons. The molecule has 0 N–H and O–H groups in total. The summed E-state index contributed by atoms with van der Waals surface area (Å²) in [6, 6.07) is 12.5. The number of benzene rings is 1. The van der Waals surface area contributed by atoms with Crippen LogP contribution >= 0.6 is 0 Å². The number of aromatic nitrogens is 1. The molecule has 0 radical (unpaired) electrons. The molecular weight excluding hydrogens is 274 g/mol. The Bertz CT molecular complexity index is 588. The molecule has 0 aliphatic carbocycles. The second kappa shape index (κ2) is 6.12. The minimum atomic E-state index is -1.71. The SMILES string of the molecule is CC(C)(C)[Si](C)(C)OCc1cncc(-c2ccccc2)c1. The second-order valence-electron chi connectivity index (χ2n) is 7.00. The van der Waals surface area contributed by atoms with Gasteiger partial charge in [-0.05, 0) is 35.3 Å². The van der Waals surface area contributed by atoms with Crippen molar-refractivity contribution in [2.75, 3.05) is 0 Å². The summed E-state index contributed by atoms with van der Waals surface area (Å²) in [6.07, 6.45) is 3.81. The van der Waals surface area contributed by atoms with Crippen LogP contribution in [0.5, 0.6) is 0 Å². The lowest BCUT2D eigenvalue weighted by atomic mass is 10.1. The predicted octanol–water partition coefficient (Wildman–Crippen LogP) is 5.27. The smallest absolute Gasteiger partial charge is 0.192 e. The van der Waals surface area contributed by atoms with Crippen LogP contribution in [0.3, 0.4) is 0 Å². The first-order valence-electron chi connectivity index (χ1n) is 7.43. The van der Waals surface area contributed by atoms with Gasteiger partial charge in [-0.1, -0.05) is 51.1 Å². The summed E-state index contributed by atoms with van der Waals surface area (Å²) < 4.78 is 6.27. The molecule has 3 heteroatoms. The van der Waals surface area contributed by atoms with Gasteiger partial charge in [-0.2, -0.15) is 0 Å². The van der Waals surface area contributed by atoms with E-state index in [1.165, 1.54) is 5.56 Å². The molecule has 0 bridgehead atoms. The number of hydrogen-bond donors (Lipinski definition) is 0. The van der Waals surface area contributed by atoms with Gasteiger partial charge in [0.2, 0.25) is 0 Å². The number of nitrogens with zero attached hydrogens (tertiary/aromatic N) is 1. The van der Waals surface area contributed by atoms with Gasteiger partial charge in [0, 0.05) is 18.0 Å². The number of rotatable bonds is 4. The van der Waals surface area contributed by atoms with E-state index in [1.807, 2.05) is 30.6 Å². The third-order valence-corrected chi connectivity index (χ3v) is 8.79. The summed E-state index contributed by atoms with van der Waals surface area (Å²) in [5, 5.41) is 0.234. The Morgan fingerprint density at radius 1 is 1.00 bits per heavy atom. The van der Waals surface area contributed by atoms with Gasteiger partial charge in [0.25, 0.3) is 0 Å². The highest BCUT2D eigenvalue weighted by Crippen LogP contribution is 2.37. The Labute approximate surface area is 129 Å². The lowest BCUT2D eigenvalue weighted by Crippen LogP contribution is -2.40. The van der Waals surface area contributed by atoms with Crippen LogP contribution in [-0.4, -0.2) is 13.3 Å². The van der Waals surface area contributed by atoms with Gasteiger partial charge in [-0.15, -0.1) is 0 Å². The molecule has 1 aromatic carbocycles. The first-order chi connectivity index (χ1) is 9.79. The molecule has 0 atom stereocenters. The van der Waals surface area contributed by atoms with Crippen molar-refractivity contribution >= 4 is 8.32 Å². The van der Waals surface area contributed by atoms with Gasteiger partial charge in [0.15, 0.2) is 8.32 Å². The molecule has 2 nitrogen and oxygen atoms in total. The van der Waals surface area contributed by atoms with E-state index in [0.717, 1.165) is 11.1 Å². The summed E-state index contributed by atoms with van der Waals surface area (Å²) >= 11 is 0. The van der Waals surface area contributed by atoms with E-state index in [-0.39, 0.29) is 5.04 Å². The zero-order valence-electron chi connectivity index (χ0n) is 13.7. The third kappa shape index (κ3) is 4.02. The molecule has 1 heterocycles. The van der Waals surface area contributed by atoms with Crippen molar-refractivity contribution in [3.8, 4) is 11.1 Å². The maximum atomic E-state index is 6.27. The van der Waals surface area contributed by atoms with Crippen LogP contribution in [0.25, 0.3) is 11.1 Å². The van der Waals surface area contributed by atoms with E-state index in [9.17, 15) is 0 Å². The molecule has 0 aliphatic rings. The van der Waals surface area contributed by atoms with E-state index in [4.69, 9.17) is 4.43 Å². The Balaban J connectivity index is 2.13. The van der Waals surface area contributed by atoms with Gasteiger partial charge in [0.05, 0.1) is 6.61 Å². The quantitative estimate of drug-likeness (QED) is 0.717. The van der Waals surface area contributed by atoms with Crippen LogP contribution in [0, 0.1) is 0 Å². The molecule has 2 aromatic rings. The van der Waals surface area contributed by atoms with Crippen LogP contribution in [0.15, 0.2) is 48.8 Å². The van der Waals surface area contributed by atoms with Crippen molar-refractivity contribution in [2.45, 2.75) is 45.5 Å². The van der Waals surface area contributed by atoms with Gasteiger partial charge >= 0.3 is 0 Å². The van der Waals surface area contributed by atoms with Crippen molar-refractivity contribution < 1.29 is 4.43 Å². The molecule has 0 spiro atoms. The van der Waals surface area contributed by atoms with E-state index in [2.05, 4.69) is 57.0 Å². The molecule has 1 aromatic heterocycles. The lowest BCUT2D eigenvalue weighted by molar-refractivity contribution is 0.276. The fraction of sp³-hybridized carbons (Fsp3) is 0.389. The molecule has 0 saturated heterocycles. The van der Waals surface area contributed by atoms with E-state index >= 15 is 0 Å². The molecular formula is C18H25NOSi. The van der Waals surface area contributed by atoms with Crippen LogP contribution in [-0.2, 0) is 11.0 Å². The normalized spacial score (nSPS) is 12.4. The monoisotopic (exact) mass is 299 g/mol. The number of hydrogen-bond acceptors (Lipinski definition) is 2. The molecule has 0 aliphatic heterocycles. The Morgan fingerprint density at radius 2 is 1.67 bits per heavy atom. The standard InChI is InChI=1S/C18H25NOSi/c1-18(2,3)21(4,5)20-14-15-11-17(13-19-12-15)16-9-7-6-8-10-16/h6-13H,14H2,1-5H3. The largest absolute Gasteiger partial charge is 0.413 e. The summed E-state index contributed by atoms with van der Waals surface area (Å²) in [5.74, 6) is 0. The highest BCUT2D eigenvalue weighted by molar-refractivity contribution is 6.74. The summed E-state index contributed by atoms with van der Waals surface area (Å²) in [4.78, 5) is 4.36. The van der Waals surface area contributed by atoms with Crippen molar-refractivity contribution in [3.63, 3.8) is 0 Å². The molecule has 2 rings (SSSR count). The highest BCUT2D eigenvalue weighted by atomic mass is 28.4. The van der Waals surface area contributed by atoms with Gasteiger partial charge in [-0.25, -0.2) is 0 Å². The van der Waals surface area contributed by atoms with Crippen LogP contribution < -0.4 is 0 Å². The minimum Gasteiger partial charge on any atom is -0.413 e. The molecule has 0 amide bonds. The summed E-state index contributed by atoms with van der Waals surface area (Å²) in [6.45, 7) is 12.0. The van der Waals surface area contributed by atoms with Crippen LogP contribution in [0.4, 0.5) is 0 Å².